The van der Waals surface area contributed by atoms with Crippen molar-refractivity contribution in [2.45, 2.75) is 52.4 Å². The monoisotopic (exact) mass is 536 g/mol. The summed E-state index contributed by atoms with van der Waals surface area (Å²) >= 11 is 0. The van der Waals surface area contributed by atoms with Gasteiger partial charge in [-0.3, -0.25) is 0 Å². The summed E-state index contributed by atoms with van der Waals surface area (Å²) in [5, 5.41) is 14.9. The van der Waals surface area contributed by atoms with Crippen molar-refractivity contribution < 1.29 is 18.3 Å². The van der Waals surface area contributed by atoms with Gasteiger partial charge in [-0.25, -0.2) is 4.99 Å². The van der Waals surface area contributed by atoms with E-state index in [0.29, 0.717) is 30.4 Å². The van der Waals surface area contributed by atoms with Gasteiger partial charge in [-0.2, -0.15) is 8.78 Å². The molecule has 0 fully saturated rings. The average Bonchev–Trinajstić information content (AvgIpc) is 3.13. The van der Waals surface area contributed by atoms with Gasteiger partial charge in [0.15, 0.2) is 11.8 Å². The van der Waals surface area contributed by atoms with Crippen molar-refractivity contribution in [3.63, 3.8) is 0 Å². The zero-order valence-corrected chi connectivity index (χ0v) is 19.4. The van der Waals surface area contributed by atoms with Crippen molar-refractivity contribution in [3.05, 3.63) is 35.4 Å². The van der Waals surface area contributed by atoms with E-state index in [2.05, 4.69) is 35.1 Å². The second kappa shape index (κ2) is 11.9. The van der Waals surface area contributed by atoms with Crippen LogP contribution in [-0.4, -0.2) is 41.0 Å². The van der Waals surface area contributed by atoms with Gasteiger partial charge >= 0.3 is 6.61 Å². The number of hydrogen-bond donors (Lipinski definition) is 2. The van der Waals surface area contributed by atoms with Crippen molar-refractivity contribution in [2.24, 2.45) is 4.99 Å². The SMILES string of the molecule is CCNC(=NCc1cc(OC)ccc1OC(F)F)NCc1nnc2n1CCCC2.I. The fourth-order valence-corrected chi connectivity index (χ4v) is 3.19. The van der Waals surface area contributed by atoms with Crippen molar-refractivity contribution in [3.8, 4) is 11.5 Å². The normalized spacial score (nSPS) is 13.4. The zero-order chi connectivity index (χ0) is 20.6. The molecule has 0 spiro atoms. The smallest absolute Gasteiger partial charge is 0.387 e. The van der Waals surface area contributed by atoms with Gasteiger partial charge in [-0.15, -0.1) is 34.2 Å². The molecule has 0 bridgehead atoms. The van der Waals surface area contributed by atoms with Gasteiger partial charge in [-0.05, 0) is 38.0 Å². The van der Waals surface area contributed by atoms with Crippen LogP contribution < -0.4 is 20.1 Å². The Bertz CT molecular complexity index is 846. The average molecular weight is 536 g/mol. The van der Waals surface area contributed by atoms with Gasteiger partial charge in [0.05, 0.1) is 20.2 Å². The number of alkyl halides is 2. The van der Waals surface area contributed by atoms with Gasteiger partial charge in [0.1, 0.15) is 17.3 Å². The first-order valence-corrected chi connectivity index (χ1v) is 9.65. The number of guanidine groups is 1. The molecule has 2 heterocycles. The van der Waals surface area contributed by atoms with E-state index in [-0.39, 0.29) is 36.3 Å². The van der Waals surface area contributed by atoms with Crippen LogP contribution >= 0.6 is 24.0 Å². The standard InChI is InChI=1S/C19H26F2N6O2.HI/c1-3-22-19(24-12-17-26-25-16-6-4-5-9-27(16)17)23-11-13-10-14(28-2)7-8-15(13)29-18(20)21;/h7-8,10,18H,3-6,9,11-12H2,1-2H3,(H2,22,23,24);1H. The van der Waals surface area contributed by atoms with Crippen molar-refractivity contribution in [1.29, 1.82) is 0 Å². The van der Waals surface area contributed by atoms with Crippen LogP contribution in [0.5, 0.6) is 11.5 Å². The molecule has 30 heavy (non-hydrogen) atoms. The van der Waals surface area contributed by atoms with E-state index in [1.165, 1.54) is 13.2 Å². The van der Waals surface area contributed by atoms with Crippen molar-refractivity contribution >= 4 is 29.9 Å². The predicted molar refractivity (Wildman–Crippen MR) is 120 cm³/mol. The maximum absolute atomic E-state index is 12.7. The van der Waals surface area contributed by atoms with Crippen LogP contribution in [0.2, 0.25) is 0 Å². The Hall–Kier alpha value is -2.18. The van der Waals surface area contributed by atoms with Gasteiger partial charge < -0.3 is 24.7 Å². The summed E-state index contributed by atoms with van der Waals surface area (Å²) < 4.78 is 37.3. The quantitative estimate of drug-likeness (QED) is 0.307. The minimum atomic E-state index is -2.91. The lowest BCUT2D eigenvalue weighted by molar-refractivity contribution is -0.0504. The van der Waals surface area contributed by atoms with Crippen LogP contribution in [0, 0.1) is 0 Å². The third-order valence-electron chi connectivity index (χ3n) is 4.59. The van der Waals surface area contributed by atoms with Crippen LogP contribution in [0.3, 0.4) is 0 Å². The van der Waals surface area contributed by atoms with Gasteiger partial charge in [0.2, 0.25) is 0 Å². The number of ether oxygens (including phenoxy) is 2. The molecule has 0 saturated carbocycles. The molecule has 3 rings (SSSR count). The lowest BCUT2D eigenvalue weighted by atomic mass is 10.2. The maximum atomic E-state index is 12.7. The molecule has 0 amide bonds. The molecule has 0 atom stereocenters. The van der Waals surface area contributed by atoms with Crippen molar-refractivity contribution in [2.75, 3.05) is 13.7 Å². The lowest BCUT2D eigenvalue weighted by Gasteiger charge is -2.16. The summed E-state index contributed by atoms with van der Waals surface area (Å²) in [4.78, 5) is 4.50. The molecule has 11 heteroatoms. The van der Waals surface area contributed by atoms with Gasteiger partial charge in [0, 0.05) is 25.1 Å². The molecule has 2 N–H and O–H groups in total. The summed E-state index contributed by atoms with van der Waals surface area (Å²) in [7, 11) is 1.51. The first-order chi connectivity index (χ1) is 14.1. The Kier molecular flexibility index (Phi) is 9.53. The fourth-order valence-electron chi connectivity index (χ4n) is 3.19. The Balaban J connectivity index is 0.00000320. The molecular formula is C19H27F2IN6O2. The number of methoxy groups -OCH3 is 1. The van der Waals surface area contributed by atoms with E-state index in [0.717, 1.165) is 37.5 Å². The third-order valence-corrected chi connectivity index (χ3v) is 4.59. The van der Waals surface area contributed by atoms with Gasteiger partial charge in [0.25, 0.3) is 0 Å². The highest BCUT2D eigenvalue weighted by atomic mass is 127. The molecule has 1 aromatic carbocycles. The molecule has 2 aromatic rings. The van der Waals surface area contributed by atoms with E-state index < -0.39 is 6.61 Å². The molecule has 1 aliphatic heterocycles. The van der Waals surface area contributed by atoms with Crippen LogP contribution in [0.1, 0.15) is 37.0 Å². The zero-order valence-electron chi connectivity index (χ0n) is 17.0. The number of nitrogens with zero attached hydrogens (tertiary/aromatic N) is 4. The number of nitrogens with one attached hydrogen (secondary N) is 2. The largest absolute Gasteiger partial charge is 0.497 e. The minimum Gasteiger partial charge on any atom is -0.497 e. The summed E-state index contributed by atoms with van der Waals surface area (Å²) in [5.74, 6) is 3.04. The number of aryl methyl sites for hydroxylation is 1. The fraction of sp³-hybridized carbons (Fsp3) is 0.526. The first kappa shape index (κ1) is 24.1. The third kappa shape index (κ3) is 6.41. The first-order valence-electron chi connectivity index (χ1n) is 9.65. The van der Waals surface area contributed by atoms with E-state index in [1.807, 2.05) is 6.92 Å². The molecule has 166 valence electrons. The van der Waals surface area contributed by atoms with E-state index in [1.54, 1.807) is 12.1 Å². The molecule has 8 nitrogen and oxygen atoms in total. The second-order valence-electron chi connectivity index (χ2n) is 6.54. The van der Waals surface area contributed by atoms with E-state index in [4.69, 9.17) is 4.74 Å². The Morgan fingerprint density at radius 3 is 2.83 bits per heavy atom. The predicted octanol–water partition coefficient (Wildman–Crippen LogP) is 3.10. The molecule has 0 saturated heterocycles. The highest BCUT2D eigenvalue weighted by Gasteiger charge is 2.16. The number of rotatable bonds is 8. The topological polar surface area (TPSA) is 85.6 Å². The second-order valence-corrected chi connectivity index (χ2v) is 6.54. The number of aliphatic imine (C=N–C) groups is 1. The van der Waals surface area contributed by atoms with Crippen LogP contribution in [-0.2, 0) is 26.1 Å². The lowest BCUT2D eigenvalue weighted by Crippen LogP contribution is -2.37. The van der Waals surface area contributed by atoms with Crippen LogP contribution in [0.15, 0.2) is 23.2 Å². The highest BCUT2D eigenvalue weighted by Crippen LogP contribution is 2.26. The molecular weight excluding hydrogens is 509 g/mol. The summed E-state index contributed by atoms with van der Waals surface area (Å²) in [6.07, 6.45) is 3.21. The molecule has 1 aromatic heterocycles. The summed E-state index contributed by atoms with van der Waals surface area (Å²) in [6.45, 7) is 1.24. The Morgan fingerprint density at radius 2 is 2.10 bits per heavy atom. The number of hydrogen-bond acceptors (Lipinski definition) is 5. The van der Waals surface area contributed by atoms with Crippen LogP contribution in [0.25, 0.3) is 0 Å². The van der Waals surface area contributed by atoms with Gasteiger partial charge in [-0.1, -0.05) is 0 Å². The number of aromatic nitrogens is 3. The Labute approximate surface area is 191 Å². The molecule has 1 aliphatic rings. The van der Waals surface area contributed by atoms with E-state index in [9.17, 15) is 8.78 Å². The number of halogens is 3. The maximum Gasteiger partial charge on any atom is 0.387 e. The van der Waals surface area contributed by atoms with Crippen molar-refractivity contribution in [1.82, 2.24) is 25.4 Å². The molecule has 0 aliphatic carbocycles. The highest BCUT2D eigenvalue weighted by molar-refractivity contribution is 14.0. The molecule has 0 unspecified atom stereocenters. The minimum absolute atomic E-state index is 0. The number of benzene rings is 1. The number of fused-ring (bicyclic) bond motifs is 1. The summed E-state index contributed by atoms with van der Waals surface area (Å²) in [5.41, 5.74) is 0.502. The van der Waals surface area contributed by atoms with Crippen LogP contribution in [0.4, 0.5) is 8.78 Å². The molecule has 0 radical (unpaired) electrons. The Morgan fingerprint density at radius 1 is 1.27 bits per heavy atom. The van der Waals surface area contributed by atoms with E-state index >= 15 is 0 Å². The summed E-state index contributed by atoms with van der Waals surface area (Å²) in [6, 6.07) is 4.67.